The Bertz CT molecular complexity index is 796. The Morgan fingerprint density at radius 2 is 2.22 bits per heavy atom. The summed E-state index contributed by atoms with van der Waals surface area (Å²) in [5.41, 5.74) is 0.940. The van der Waals surface area contributed by atoms with Crippen LogP contribution in [-0.2, 0) is 4.74 Å². The molecule has 6 heteroatoms. The molecule has 0 amide bonds. The van der Waals surface area contributed by atoms with Gasteiger partial charge in [-0.15, -0.1) is 11.3 Å². The van der Waals surface area contributed by atoms with Gasteiger partial charge >= 0.3 is 6.09 Å². The van der Waals surface area contributed by atoms with Gasteiger partial charge in [0.15, 0.2) is 0 Å². The molecule has 0 saturated carbocycles. The maximum atomic E-state index is 12.3. The summed E-state index contributed by atoms with van der Waals surface area (Å²) < 4.78 is 7.81. The van der Waals surface area contributed by atoms with Crippen LogP contribution in [0.15, 0.2) is 34.6 Å². The molecule has 0 radical (unpaired) electrons. The van der Waals surface area contributed by atoms with Crippen molar-refractivity contribution in [1.82, 2.24) is 8.97 Å². The number of carbonyl (C=O) groups is 1. The first kappa shape index (κ1) is 11.0. The Morgan fingerprint density at radius 3 is 3.00 bits per heavy atom. The molecule has 3 aromatic heterocycles. The van der Waals surface area contributed by atoms with Gasteiger partial charge in [0.25, 0.3) is 5.56 Å². The van der Waals surface area contributed by atoms with Crippen molar-refractivity contribution in [3.05, 3.63) is 40.1 Å². The van der Waals surface area contributed by atoms with Crippen molar-refractivity contribution >= 4 is 33.3 Å². The van der Waals surface area contributed by atoms with Gasteiger partial charge in [0.1, 0.15) is 10.3 Å². The molecule has 0 aliphatic rings. The van der Waals surface area contributed by atoms with Gasteiger partial charge in [-0.25, -0.2) is 4.79 Å². The van der Waals surface area contributed by atoms with Crippen molar-refractivity contribution in [3.63, 3.8) is 0 Å². The van der Waals surface area contributed by atoms with Crippen LogP contribution in [0.4, 0.5) is 4.79 Å². The van der Waals surface area contributed by atoms with E-state index in [0.717, 1.165) is 10.1 Å². The smallest absolute Gasteiger partial charge is 0.422 e. The first-order valence-electron chi connectivity index (χ1n) is 5.50. The molecule has 0 saturated heterocycles. The van der Waals surface area contributed by atoms with Crippen LogP contribution >= 0.6 is 11.3 Å². The standard InChI is InChI=1S/C12H10N2O3S/c1-2-17-12(16)14-10(15)8-4-3-6-13(8)9-5-7-18-11(9)14/h3-7H,2H2,1H3. The summed E-state index contributed by atoms with van der Waals surface area (Å²) in [6.07, 6.45) is 1.18. The highest BCUT2D eigenvalue weighted by Gasteiger charge is 2.17. The number of thiophene rings is 1. The van der Waals surface area contributed by atoms with Gasteiger partial charge in [-0.1, -0.05) is 0 Å². The predicted octanol–water partition coefficient (Wildman–Crippen LogP) is 2.32. The monoisotopic (exact) mass is 262 g/mol. The van der Waals surface area contributed by atoms with Crippen LogP contribution in [0.2, 0.25) is 0 Å². The van der Waals surface area contributed by atoms with Crippen LogP contribution in [-0.4, -0.2) is 21.7 Å². The van der Waals surface area contributed by atoms with Crippen molar-refractivity contribution in [2.75, 3.05) is 6.61 Å². The van der Waals surface area contributed by atoms with Gasteiger partial charge in [0.2, 0.25) is 0 Å². The van der Waals surface area contributed by atoms with Crippen LogP contribution < -0.4 is 5.56 Å². The first-order valence-corrected chi connectivity index (χ1v) is 6.38. The third-order valence-electron chi connectivity index (χ3n) is 2.71. The van der Waals surface area contributed by atoms with Crippen molar-refractivity contribution in [1.29, 1.82) is 0 Å². The second-order valence-corrected chi connectivity index (χ2v) is 4.61. The van der Waals surface area contributed by atoms with Gasteiger partial charge < -0.3 is 9.14 Å². The highest BCUT2D eigenvalue weighted by atomic mass is 32.1. The number of fused-ring (bicyclic) bond motifs is 3. The van der Waals surface area contributed by atoms with Crippen molar-refractivity contribution in [2.24, 2.45) is 0 Å². The lowest BCUT2D eigenvalue weighted by Gasteiger charge is -2.07. The van der Waals surface area contributed by atoms with E-state index in [2.05, 4.69) is 0 Å². The molecule has 0 N–H and O–H groups in total. The molecule has 5 nitrogen and oxygen atoms in total. The number of nitrogens with zero attached hydrogens (tertiary/aromatic N) is 2. The van der Waals surface area contributed by atoms with E-state index in [9.17, 15) is 9.59 Å². The maximum absolute atomic E-state index is 12.3. The molecule has 0 aromatic carbocycles. The largest absolute Gasteiger partial charge is 0.449 e. The van der Waals surface area contributed by atoms with Gasteiger partial charge in [-0.2, -0.15) is 4.57 Å². The molecule has 3 heterocycles. The Labute approximate surface area is 106 Å². The minimum atomic E-state index is -0.626. The van der Waals surface area contributed by atoms with Crippen LogP contribution in [0, 0.1) is 0 Å². The second-order valence-electron chi connectivity index (χ2n) is 3.71. The van der Waals surface area contributed by atoms with Crippen LogP contribution in [0.5, 0.6) is 0 Å². The van der Waals surface area contributed by atoms with Crippen LogP contribution in [0.3, 0.4) is 0 Å². The van der Waals surface area contributed by atoms with Gasteiger partial charge in [0.05, 0.1) is 12.1 Å². The molecule has 0 fully saturated rings. The van der Waals surface area contributed by atoms with E-state index >= 15 is 0 Å². The van der Waals surface area contributed by atoms with Gasteiger partial charge in [-0.3, -0.25) is 4.79 Å². The highest BCUT2D eigenvalue weighted by Crippen LogP contribution is 2.21. The lowest BCUT2D eigenvalue weighted by molar-refractivity contribution is 0.154. The minimum Gasteiger partial charge on any atom is -0.449 e. The Balaban J connectivity index is 2.46. The lowest BCUT2D eigenvalue weighted by atomic mass is 10.4. The molecular weight excluding hydrogens is 252 g/mol. The van der Waals surface area contributed by atoms with Crippen LogP contribution in [0.1, 0.15) is 6.92 Å². The summed E-state index contributed by atoms with van der Waals surface area (Å²) in [5.74, 6) is 0. The second kappa shape index (κ2) is 3.99. The van der Waals surface area contributed by atoms with E-state index in [4.69, 9.17) is 4.74 Å². The normalized spacial score (nSPS) is 11.2. The van der Waals surface area contributed by atoms with Gasteiger partial charge in [-0.05, 0) is 30.5 Å². The summed E-state index contributed by atoms with van der Waals surface area (Å²) in [6.45, 7) is 1.95. The zero-order valence-electron chi connectivity index (χ0n) is 9.62. The number of carbonyl (C=O) groups excluding carboxylic acids is 1. The molecular formula is C12H10N2O3S. The highest BCUT2D eigenvalue weighted by molar-refractivity contribution is 7.16. The number of rotatable bonds is 1. The average Bonchev–Trinajstić information content (AvgIpc) is 2.96. The number of aromatic nitrogens is 2. The molecule has 3 rings (SSSR count). The lowest BCUT2D eigenvalue weighted by Crippen LogP contribution is -2.28. The summed E-state index contributed by atoms with van der Waals surface area (Å²) >= 11 is 1.34. The van der Waals surface area contributed by atoms with E-state index in [-0.39, 0.29) is 12.2 Å². The first-order chi connectivity index (χ1) is 8.74. The summed E-state index contributed by atoms with van der Waals surface area (Å²) in [6, 6.07) is 5.35. The van der Waals surface area contributed by atoms with E-state index < -0.39 is 6.09 Å². The zero-order chi connectivity index (χ0) is 12.7. The number of hydrogen-bond donors (Lipinski definition) is 0. The summed E-state index contributed by atoms with van der Waals surface area (Å²) in [7, 11) is 0. The Morgan fingerprint density at radius 1 is 1.39 bits per heavy atom. The van der Waals surface area contributed by atoms with E-state index in [1.54, 1.807) is 29.7 Å². The quantitative estimate of drug-likeness (QED) is 0.676. The van der Waals surface area contributed by atoms with E-state index in [0.29, 0.717) is 10.3 Å². The topological polar surface area (TPSA) is 52.7 Å². The zero-order valence-corrected chi connectivity index (χ0v) is 10.4. The van der Waals surface area contributed by atoms with Crippen LogP contribution in [0.25, 0.3) is 15.9 Å². The fourth-order valence-corrected chi connectivity index (χ4v) is 2.85. The number of hydrogen-bond acceptors (Lipinski definition) is 4. The summed E-state index contributed by atoms with van der Waals surface area (Å²) in [5, 5.41) is 1.85. The SMILES string of the molecule is CCOC(=O)n1c(=O)c2cccn2c2ccsc21. The van der Waals surface area contributed by atoms with Crippen molar-refractivity contribution in [2.45, 2.75) is 6.92 Å². The molecule has 0 unspecified atom stereocenters. The molecule has 0 bridgehead atoms. The molecule has 92 valence electrons. The van der Waals surface area contributed by atoms with E-state index in [1.165, 1.54) is 11.3 Å². The third kappa shape index (κ3) is 1.39. The maximum Gasteiger partial charge on any atom is 0.422 e. The Kier molecular flexibility index (Phi) is 2.45. The Hall–Kier alpha value is -2.08. The molecule has 3 aromatic rings. The van der Waals surface area contributed by atoms with Gasteiger partial charge in [0, 0.05) is 6.20 Å². The average molecular weight is 262 g/mol. The molecule has 0 atom stereocenters. The fraction of sp³-hybridized carbons (Fsp3) is 0.167. The van der Waals surface area contributed by atoms with E-state index in [1.807, 2.05) is 11.4 Å². The summed E-state index contributed by atoms with van der Waals surface area (Å²) in [4.78, 5) is 24.7. The predicted molar refractivity (Wildman–Crippen MR) is 69.5 cm³/mol. The minimum absolute atomic E-state index is 0.240. The molecule has 0 aliphatic heterocycles. The molecule has 18 heavy (non-hydrogen) atoms. The molecule has 0 spiro atoms. The molecule has 0 aliphatic carbocycles. The fourth-order valence-electron chi connectivity index (χ4n) is 1.97. The van der Waals surface area contributed by atoms with Crippen molar-refractivity contribution in [3.8, 4) is 0 Å². The van der Waals surface area contributed by atoms with Crippen molar-refractivity contribution < 1.29 is 9.53 Å². The number of ether oxygens (including phenoxy) is 1. The third-order valence-corrected chi connectivity index (χ3v) is 3.60.